The molecule has 2 aromatic rings. The lowest BCUT2D eigenvalue weighted by Gasteiger charge is -2.20. The quantitative estimate of drug-likeness (QED) is 0.735. The molecule has 100 valence electrons. The van der Waals surface area contributed by atoms with E-state index in [2.05, 4.69) is 54.0 Å². The number of halogens is 2. The molecule has 1 aliphatic rings. The summed E-state index contributed by atoms with van der Waals surface area (Å²) < 4.78 is 12.8. The zero-order valence-electron chi connectivity index (χ0n) is 9.90. The van der Waals surface area contributed by atoms with Crippen LogP contribution in [0.5, 0.6) is 0 Å². The number of nitrogens with one attached hydrogen (secondary N) is 1. The lowest BCUT2D eigenvalue weighted by molar-refractivity contribution is 0.0734. The maximum Gasteiger partial charge on any atom is 0.259 e. The minimum atomic E-state index is 0.00723. The van der Waals surface area contributed by atoms with Gasteiger partial charge in [0.2, 0.25) is 0 Å². The van der Waals surface area contributed by atoms with Crippen LogP contribution in [-0.2, 0) is 4.74 Å². The fourth-order valence-corrected chi connectivity index (χ4v) is 2.79. The molecule has 0 radical (unpaired) electrons. The summed E-state index contributed by atoms with van der Waals surface area (Å²) >= 11 is 5.76. The molecular formula is C12H11BrIN3O2. The second-order valence-electron chi connectivity index (χ2n) is 4.16. The van der Waals surface area contributed by atoms with Gasteiger partial charge in [0.05, 0.1) is 24.8 Å². The summed E-state index contributed by atoms with van der Waals surface area (Å²) in [6.45, 7) is 2.11. The predicted molar refractivity (Wildman–Crippen MR) is 81.7 cm³/mol. The van der Waals surface area contributed by atoms with Gasteiger partial charge in [0.15, 0.2) is 5.82 Å². The molecule has 7 heteroatoms. The summed E-state index contributed by atoms with van der Waals surface area (Å²) in [7, 11) is 0. The zero-order chi connectivity index (χ0) is 13.2. The second kappa shape index (κ2) is 5.86. The third kappa shape index (κ3) is 2.99. The van der Waals surface area contributed by atoms with Crippen LogP contribution in [0.2, 0.25) is 0 Å². The van der Waals surface area contributed by atoms with Crippen molar-refractivity contribution < 1.29 is 9.26 Å². The van der Waals surface area contributed by atoms with Gasteiger partial charge in [-0.2, -0.15) is 4.98 Å². The molecule has 0 amide bonds. The number of benzene rings is 1. The van der Waals surface area contributed by atoms with Crippen LogP contribution in [0.15, 0.2) is 27.2 Å². The number of aromatic nitrogens is 2. The van der Waals surface area contributed by atoms with Crippen molar-refractivity contribution in [3.8, 4) is 11.5 Å². The van der Waals surface area contributed by atoms with Crippen LogP contribution in [0.4, 0.5) is 0 Å². The molecule has 5 nitrogen and oxygen atoms in total. The van der Waals surface area contributed by atoms with E-state index in [1.807, 2.05) is 18.2 Å². The smallest absolute Gasteiger partial charge is 0.259 e. The molecule has 0 spiro atoms. The van der Waals surface area contributed by atoms with Crippen LogP contribution in [0, 0.1) is 3.57 Å². The molecule has 1 fully saturated rings. The number of nitrogens with zero attached hydrogens (tertiary/aromatic N) is 2. The van der Waals surface area contributed by atoms with E-state index in [1.54, 1.807) is 0 Å². The molecule has 1 aliphatic heterocycles. The molecule has 1 unspecified atom stereocenters. The van der Waals surface area contributed by atoms with E-state index in [0.29, 0.717) is 18.3 Å². The Hall–Kier alpha value is -0.510. The summed E-state index contributed by atoms with van der Waals surface area (Å²) in [5, 5.41) is 7.34. The third-order valence-electron chi connectivity index (χ3n) is 2.83. The summed E-state index contributed by atoms with van der Waals surface area (Å²) in [6.07, 6.45) is 0. The summed E-state index contributed by atoms with van der Waals surface area (Å²) in [5.41, 5.74) is 0.905. The van der Waals surface area contributed by atoms with E-state index in [-0.39, 0.29) is 6.04 Å². The monoisotopic (exact) mass is 435 g/mol. The van der Waals surface area contributed by atoms with Crippen molar-refractivity contribution in [2.45, 2.75) is 6.04 Å². The fraction of sp³-hybridized carbons (Fsp3) is 0.333. The molecule has 0 saturated carbocycles. The van der Waals surface area contributed by atoms with E-state index >= 15 is 0 Å². The van der Waals surface area contributed by atoms with Crippen LogP contribution in [-0.4, -0.2) is 29.9 Å². The molecule has 1 aromatic carbocycles. The standard InChI is InChI=1S/C12H11BrIN3O2/c13-9-2-1-7(14)5-8(9)12-16-11(17-19-12)10-6-18-4-3-15-10/h1-2,5,10,15H,3-4,6H2. The first kappa shape index (κ1) is 13.5. The molecule has 1 aromatic heterocycles. The van der Waals surface area contributed by atoms with E-state index < -0.39 is 0 Å². The van der Waals surface area contributed by atoms with E-state index in [9.17, 15) is 0 Å². The van der Waals surface area contributed by atoms with E-state index in [1.165, 1.54) is 0 Å². The molecule has 1 N–H and O–H groups in total. The van der Waals surface area contributed by atoms with Gasteiger partial charge in [-0.15, -0.1) is 0 Å². The highest BCUT2D eigenvalue weighted by atomic mass is 127. The highest BCUT2D eigenvalue weighted by Gasteiger charge is 2.22. The lowest BCUT2D eigenvalue weighted by atomic mass is 10.2. The van der Waals surface area contributed by atoms with Crippen molar-refractivity contribution in [3.05, 3.63) is 32.1 Å². The Kier molecular flexibility index (Phi) is 4.15. The van der Waals surface area contributed by atoms with Crippen molar-refractivity contribution in [1.29, 1.82) is 0 Å². The number of ether oxygens (including phenoxy) is 1. The van der Waals surface area contributed by atoms with Crippen LogP contribution in [0.25, 0.3) is 11.5 Å². The normalized spacial score (nSPS) is 19.6. The molecule has 2 heterocycles. The van der Waals surface area contributed by atoms with Crippen LogP contribution in [0.1, 0.15) is 11.9 Å². The van der Waals surface area contributed by atoms with Crippen molar-refractivity contribution >= 4 is 38.5 Å². The number of rotatable bonds is 2. The average Bonchev–Trinajstić information content (AvgIpc) is 2.92. The van der Waals surface area contributed by atoms with Gasteiger partial charge in [0.1, 0.15) is 0 Å². The Balaban J connectivity index is 1.89. The van der Waals surface area contributed by atoms with Crippen molar-refractivity contribution in [2.24, 2.45) is 0 Å². The maximum absolute atomic E-state index is 5.40. The molecule has 1 saturated heterocycles. The van der Waals surface area contributed by atoms with Gasteiger partial charge in [-0.3, -0.25) is 0 Å². The second-order valence-corrected chi connectivity index (χ2v) is 6.26. The van der Waals surface area contributed by atoms with Gasteiger partial charge < -0.3 is 14.6 Å². The molecule has 3 rings (SSSR count). The van der Waals surface area contributed by atoms with Crippen LogP contribution in [0.3, 0.4) is 0 Å². The minimum absolute atomic E-state index is 0.00723. The van der Waals surface area contributed by atoms with Gasteiger partial charge in [0, 0.05) is 14.6 Å². The summed E-state index contributed by atoms with van der Waals surface area (Å²) in [4.78, 5) is 4.45. The molecule has 0 aliphatic carbocycles. The van der Waals surface area contributed by atoms with Crippen molar-refractivity contribution in [3.63, 3.8) is 0 Å². The average molecular weight is 436 g/mol. The zero-order valence-corrected chi connectivity index (χ0v) is 13.6. The summed E-state index contributed by atoms with van der Waals surface area (Å²) in [6, 6.07) is 6.00. The first-order valence-electron chi connectivity index (χ1n) is 5.84. The van der Waals surface area contributed by atoms with Crippen molar-refractivity contribution in [2.75, 3.05) is 19.8 Å². The van der Waals surface area contributed by atoms with E-state index in [0.717, 1.165) is 26.8 Å². The SMILES string of the molecule is Brc1ccc(I)cc1-c1nc(C2COCCN2)no1. The highest BCUT2D eigenvalue weighted by Crippen LogP contribution is 2.29. The molecular weight excluding hydrogens is 425 g/mol. The number of morpholine rings is 1. The topological polar surface area (TPSA) is 60.2 Å². The van der Waals surface area contributed by atoms with E-state index in [4.69, 9.17) is 9.26 Å². The third-order valence-corrected chi connectivity index (χ3v) is 4.20. The van der Waals surface area contributed by atoms with Gasteiger partial charge >= 0.3 is 0 Å². The molecule has 0 bridgehead atoms. The van der Waals surface area contributed by atoms with Crippen LogP contribution < -0.4 is 5.32 Å². The lowest BCUT2D eigenvalue weighted by Crippen LogP contribution is -2.35. The van der Waals surface area contributed by atoms with Gasteiger partial charge in [0.25, 0.3) is 5.89 Å². The predicted octanol–water partition coefficient (Wildman–Crippen LogP) is 2.76. The molecule has 19 heavy (non-hydrogen) atoms. The van der Waals surface area contributed by atoms with Gasteiger partial charge in [-0.25, -0.2) is 0 Å². The minimum Gasteiger partial charge on any atom is -0.378 e. The highest BCUT2D eigenvalue weighted by molar-refractivity contribution is 14.1. The Labute approximate surface area is 132 Å². The first-order chi connectivity index (χ1) is 9.24. The Bertz CT molecular complexity index is 584. The Morgan fingerprint density at radius 1 is 1.42 bits per heavy atom. The van der Waals surface area contributed by atoms with Crippen molar-refractivity contribution in [1.82, 2.24) is 15.5 Å². The van der Waals surface area contributed by atoms with Crippen LogP contribution >= 0.6 is 38.5 Å². The maximum atomic E-state index is 5.40. The largest absolute Gasteiger partial charge is 0.378 e. The summed E-state index contributed by atoms with van der Waals surface area (Å²) in [5.74, 6) is 1.16. The Morgan fingerprint density at radius 3 is 3.11 bits per heavy atom. The van der Waals surface area contributed by atoms with Gasteiger partial charge in [-0.1, -0.05) is 5.16 Å². The van der Waals surface area contributed by atoms with Gasteiger partial charge in [-0.05, 0) is 56.7 Å². The Morgan fingerprint density at radius 2 is 2.32 bits per heavy atom. The fourth-order valence-electron chi connectivity index (χ4n) is 1.88. The first-order valence-corrected chi connectivity index (χ1v) is 7.71. The number of hydrogen-bond acceptors (Lipinski definition) is 5. The number of hydrogen-bond donors (Lipinski definition) is 1. The molecule has 1 atom stereocenters.